The number of hydrogen-bond acceptors (Lipinski definition) is 2. The second-order valence-corrected chi connectivity index (χ2v) is 7.21. The highest BCUT2D eigenvalue weighted by molar-refractivity contribution is 6.08. The van der Waals surface area contributed by atoms with Gasteiger partial charge in [0.1, 0.15) is 0 Å². The van der Waals surface area contributed by atoms with Crippen molar-refractivity contribution in [2.24, 2.45) is 14.1 Å². The van der Waals surface area contributed by atoms with Gasteiger partial charge in [-0.05, 0) is 60.0 Å². The molecule has 3 aromatic carbocycles. The lowest BCUT2D eigenvalue weighted by molar-refractivity contribution is 0.888. The zero-order valence-electron chi connectivity index (χ0n) is 16.5. The van der Waals surface area contributed by atoms with Gasteiger partial charge in [0.05, 0.1) is 11.0 Å². The van der Waals surface area contributed by atoms with E-state index in [0.29, 0.717) is 21.8 Å². The van der Waals surface area contributed by atoms with Crippen molar-refractivity contribution in [2.45, 2.75) is 13.8 Å². The fraction of sp³-hybridized carbons (Fsp3) is 0.167. The molecular weight excluding hydrogens is 348 g/mol. The van der Waals surface area contributed by atoms with Gasteiger partial charge in [-0.15, -0.1) is 0 Å². The highest BCUT2D eigenvalue weighted by Crippen LogP contribution is 2.25. The van der Waals surface area contributed by atoms with Crippen molar-refractivity contribution in [3.63, 3.8) is 0 Å². The molecular formula is C24H22N2O2. The second-order valence-electron chi connectivity index (χ2n) is 7.21. The van der Waals surface area contributed by atoms with E-state index in [1.165, 1.54) is 0 Å². The standard InChI is InChI=1S/C24H22N2O2/c1-15-9-7-11-17-21(15)22-16(2)10-8-12-18(22)24(28)26(4)20-14-6-5-13-19(20)25(3)23(17)27/h5-14H,1-4H3. The van der Waals surface area contributed by atoms with Crippen LogP contribution in [0.15, 0.2) is 70.3 Å². The van der Waals surface area contributed by atoms with Crippen LogP contribution < -0.4 is 11.1 Å². The Balaban J connectivity index is 2.59. The van der Waals surface area contributed by atoms with Crippen LogP contribution in [0.25, 0.3) is 32.6 Å². The predicted octanol–water partition coefficient (Wildman–Crippen LogP) is 4.28. The number of aromatic nitrogens is 2. The van der Waals surface area contributed by atoms with Gasteiger partial charge in [-0.2, -0.15) is 0 Å². The molecule has 0 N–H and O–H groups in total. The first-order valence-corrected chi connectivity index (χ1v) is 9.26. The summed E-state index contributed by atoms with van der Waals surface area (Å²) >= 11 is 0. The van der Waals surface area contributed by atoms with Crippen molar-refractivity contribution >= 4 is 32.6 Å². The molecule has 1 heterocycles. The van der Waals surface area contributed by atoms with Crippen LogP contribution in [-0.4, -0.2) is 9.13 Å². The molecule has 0 aliphatic heterocycles. The molecule has 0 amide bonds. The van der Waals surface area contributed by atoms with Gasteiger partial charge in [0.2, 0.25) is 0 Å². The van der Waals surface area contributed by atoms with Crippen molar-refractivity contribution in [3.05, 3.63) is 92.5 Å². The van der Waals surface area contributed by atoms with Crippen molar-refractivity contribution in [3.8, 4) is 0 Å². The van der Waals surface area contributed by atoms with E-state index in [1.807, 2.05) is 74.5 Å². The maximum Gasteiger partial charge on any atom is 0.258 e. The van der Waals surface area contributed by atoms with E-state index in [9.17, 15) is 9.59 Å². The molecule has 0 saturated heterocycles. The maximum atomic E-state index is 13.5. The van der Waals surface area contributed by atoms with Crippen LogP contribution in [0.3, 0.4) is 0 Å². The highest BCUT2D eigenvalue weighted by atomic mass is 16.1. The fourth-order valence-electron chi connectivity index (χ4n) is 3.97. The first-order chi connectivity index (χ1) is 13.4. The van der Waals surface area contributed by atoms with Gasteiger partial charge >= 0.3 is 0 Å². The largest absolute Gasteiger partial charge is 0.309 e. The van der Waals surface area contributed by atoms with Crippen LogP contribution in [0.5, 0.6) is 0 Å². The normalized spacial score (nSPS) is 11.1. The Labute approximate surface area is 162 Å². The molecule has 28 heavy (non-hydrogen) atoms. The Hall–Kier alpha value is -3.40. The van der Waals surface area contributed by atoms with Crippen LogP contribution in [0.1, 0.15) is 11.1 Å². The van der Waals surface area contributed by atoms with Crippen molar-refractivity contribution in [1.29, 1.82) is 0 Å². The zero-order valence-corrected chi connectivity index (χ0v) is 16.5. The van der Waals surface area contributed by atoms with E-state index in [1.54, 1.807) is 23.2 Å². The monoisotopic (exact) mass is 370 g/mol. The number of rotatable bonds is 0. The van der Waals surface area contributed by atoms with E-state index in [2.05, 4.69) is 0 Å². The summed E-state index contributed by atoms with van der Waals surface area (Å²) in [6, 6.07) is 18.9. The summed E-state index contributed by atoms with van der Waals surface area (Å²) in [5, 5.41) is 2.86. The number of para-hydroxylation sites is 2. The van der Waals surface area contributed by atoms with Gasteiger partial charge in [-0.1, -0.05) is 36.4 Å². The number of nitrogens with zero attached hydrogens (tertiary/aromatic N) is 2. The summed E-state index contributed by atoms with van der Waals surface area (Å²) in [5.74, 6) is 0. The molecule has 0 spiro atoms. The Morgan fingerprint density at radius 1 is 0.571 bits per heavy atom. The van der Waals surface area contributed by atoms with Crippen molar-refractivity contribution < 1.29 is 0 Å². The number of hydrogen-bond donors (Lipinski definition) is 0. The maximum absolute atomic E-state index is 13.5. The zero-order chi connectivity index (χ0) is 20.0. The van der Waals surface area contributed by atoms with Crippen LogP contribution in [0.4, 0.5) is 0 Å². The summed E-state index contributed by atoms with van der Waals surface area (Å²) < 4.78 is 3.25. The average Bonchev–Trinajstić information content (AvgIpc) is 2.71. The number of fused-ring (bicyclic) bond motifs is 4. The molecule has 0 aliphatic carbocycles. The molecule has 140 valence electrons. The SMILES string of the molecule is Cc1cccc2c(=O)n(C)c3ccccc3n(C)c(=O)c3cccc(C)c3c12. The minimum atomic E-state index is -0.0943. The molecule has 0 radical (unpaired) electrons. The average molecular weight is 370 g/mol. The minimum Gasteiger partial charge on any atom is -0.309 e. The Morgan fingerprint density at radius 3 is 1.36 bits per heavy atom. The predicted molar refractivity (Wildman–Crippen MR) is 117 cm³/mol. The number of benzene rings is 3. The molecule has 0 bridgehead atoms. The summed E-state index contributed by atoms with van der Waals surface area (Å²) in [4.78, 5) is 27.0. The first kappa shape index (κ1) is 18.0. The molecule has 0 atom stereocenters. The minimum absolute atomic E-state index is 0.0943. The Kier molecular flexibility index (Phi) is 4.27. The molecule has 1 aromatic heterocycles. The third-order valence-corrected chi connectivity index (χ3v) is 5.47. The van der Waals surface area contributed by atoms with Crippen LogP contribution in [0.2, 0.25) is 0 Å². The van der Waals surface area contributed by atoms with Gasteiger partial charge in [0, 0.05) is 24.9 Å². The van der Waals surface area contributed by atoms with E-state index in [-0.39, 0.29) is 11.1 Å². The topological polar surface area (TPSA) is 44.0 Å². The van der Waals surface area contributed by atoms with Gasteiger partial charge in [0.15, 0.2) is 0 Å². The molecule has 4 rings (SSSR count). The Bertz CT molecular complexity index is 1330. The van der Waals surface area contributed by atoms with Crippen LogP contribution in [-0.2, 0) is 14.1 Å². The molecule has 4 heteroatoms. The van der Waals surface area contributed by atoms with Crippen molar-refractivity contribution in [2.75, 3.05) is 0 Å². The van der Waals surface area contributed by atoms with Crippen molar-refractivity contribution in [1.82, 2.24) is 9.13 Å². The molecule has 0 fully saturated rings. The third kappa shape index (κ3) is 2.61. The summed E-state index contributed by atoms with van der Waals surface area (Å²) in [7, 11) is 3.51. The van der Waals surface area contributed by atoms with Gasteiger partial charge in [-0.25, -0.2) is 0 Å². The van der Waals surface area contributed by atoms with E-state index < -0.39 is 0 Å². The summed E-state index contributed by atoms with van der Waals surface area (Å²) in [6.45, 7) is 3.96. The quantitative estimate of drug-likeness (QED) is 0.464. The van der Waals surface area contributed by atoms with Gasteiger partial charge in [0.25, 0.3) is 11.1 Å². The van der Waals surface area contributed by atoms with Crippen LogP contribution in [0, 0.1) is 13.8 Å². The fourth-order valence-corrected chi connectivity index (χ4v) is 3.97. The van der Waals surface area contributed by atoms with E-state index >= 15 is 0 Å². The third-order valence-electron chi connectivity index (χ3n) is 5.47. The second kappa shape index (κ2) is 6.64. The first-order valence-electron chi connectivity index (χ1n) is 9.26. The van der Waals surface area contributed by atoms with E-state index in [0.717, 1.165) is 21.9 Å². The molecule has 4 nitrogen and oxygen atoms in total. The molecule has 0 aliphatic rings. The molecule has 0 unspecified atom stereocenters. The smallest absolute Gasteiger partial charge is 0.258 e. The number of aryl methyl sites for hydroxylation is 4. The molecule has 4 aromatic rings. The van der Waals surface area contributed by atoms with Gasteiger partial charge < -0.3 is 9.13 Å². The summed E-state index contributed by atoms with van der Waals surface area (Å²) in [5.41, 5.74) is 3.16. The van der Waals surface area contributed by atoms with E-state index in [4.69, 9.17) is 0 Å². The molecule has 0 saturated carbocycles. The Morgan fingerprint density at radius 2 is 0.964 bits per heavy atom. The summed E-state index contributed by atoms with van der Waals surface area (Å²) in [6.07, 6.45) is 0. The lowest BCUT2D eigenvalue weighted by Crippen LogP contribution is -2.20. The lowest BCUT2D eigenvalue weighted by atomic mass is 9.98. The van der Waals surface area contributed by atoms with Crippen LogP contribution >= 0.6 is 0 Å². The van der Waals surface area contributed by atoms with Gasteiger partial charge in [-0.3, -0.25) is 9.59 Å². The lowest BCUT2D eigenvalue weighted by Gasteiger charge is -2.10. The highest BCUT2D eigenvalue weighted by Gasteiger charge is 2.10.